The quantitative estimate of drug-likeness (QED) is 0.212. The van der Waals surface area contributed by atoms with E-state index in [4.69, 9.17) is 15.2 Å². The molecule has 3 aromatic carbocycles. The first-order chi connectivity index (χ1) is 18.3. The van der Waals surface area contributed by atoms with E-state index in [2.05, 4.69) is 10.6 Å². The van der Waals surface area contributed by atoms with E-state index in [-0.39, 0.29) is 11.4 Å². The predicted octanol–water partition coefficient (Wildman–Crippen LogP) is 3.84. The molecule has 198 valence electrons. The zero-order chi connectivity index (χ0) is 27.2. The molecule has 3 aromatic rings. The normalized spacial score (nSPS) is 16.6. The number of ether oxygens (including phenoxy) is 2. The highest BCUT2D eigenvalue weighted by atomic mass is 19.1. The number of nitrogens with two attached hydrogens (primary N) is 1. The molecule has 0 radical (unpaired) electrons. The topological polar surface area (TPSA) is 123 Å². The van der Waals surface area contributed by atoms with Gasteiger partial charge in [-0.1, -0.05) is 49.4 Å². The minimum Gasteiger partial charge on any atom is -0.491 e. The van der Waals surface area contributed by atoms with Gasteiger partial charge in [-0.2, -0.15) is 0 Å². The number of halogens is 1. The number of urea groups is 1. The Balaban J connectivity index is 1.62. The molecule has 4 rings (SSSR count). The molecular weight excluding hydrogens is 491 g/mol. The number of nitrogen functional groups attached to an aromatic ring is 1. The minimum atomic E-state index is -1.26. The number of nitrogens with one attached hydrogen (secondary N) is 2. The van der Waals surface area contributed by atoms with Crippen molar-refractivity contribution >= 4 is 29.2 Å². The van der Waals surface area contributed by atoms with Gasteiger partial charge in [0.1, 0.15) is 30.3 Å². The van der Waals surface area contributed by atoms with E-state index in [9.17, 15) is 18.8 Å². The van der Waals surface area contributed by atoms with E-state index in [0.29, 0.717) is 24.5 Å². The summed E-state index contributed by atoms with van der Waals surface area (Å²) < 4.78 is 25.0. The van der Waals surface area contributed by atoms with E-state index in [1.165, 1.54) is 12.1 Å². The van der Waals surface area contributed by atoms with E-state index in [1.807, 2.05) is 6.07 Å². The maximum absolute atomic E-state index is 14.5. The maximum Gasteiger partial charge on any atom is 0.325 e. The lowest BCUT2D eigenvalue weighted by atomic mass is 9.91. The van der Waals surface area contributed by atoms with Crippen LogP contribution in [0, 0.1) is 5.82 Å². The molecule has 38 heavy (non-hydrogen) atoms. The number of methoxy groups -OCH3 is 1. The number of imide groups is 1. The lowest BCUT2D eigenvalue weighted by molar-refractivity contribution is -0.134. The van der Waals surface area contributed by atoms with Gasteiger partial charge in [-0.3, -0.25) is 9.59 Å². The van der Waals surface area contributed by atoms with Crippen molar-refractivity contribution < 1.29 is 28.2 Å². The Morgan fingerprint density at radius 1 is 1.08 bits per heavy atom. The first kappa shape index (κ1) is 26.6. The van der Waals surface area contributed by atoms with Crippen LogP contribution in [-0.2, 0) is 14.3 Å². The summed E-state index contributed by atoms with van der Waals surface area (Å²) in [5.41, 5.74) is 6.96. The Morgan fingerprint density at radius 3 is 2.45 bits per heavy atom. The zero-order valence-corrected chi connectivity index (χ0v) is 21.0. The summed E-state index contributed by atoms with van der Waals surface area (Å²) in [5, 5.41) is 5.19. The summed E-state index contributed by atoms with van der Waals surface area (Å²) >= 11 is 0. The van der Waals surface area contributed by atoms with Gasteiger partial charge in [0.2, 0.25) is 5.91 Å². The molecule has 0 saturated carbocycles. The van der Waals surface area contributed by atoms with Gasteiger partial charge in [-0.05, 0) is 41.5 Å². The van der Waals surface area contributed by atoms with Gasteiger partial charge in [0.05, 0.1) is 12.3 Å². The number of anilines is 2. The monoisotopic (exact) mass is 520 g/mol. The van der Waals surface area contributed by atoms with E-state index >= 15 is 0 Å². The standard InChI is InChI=1S/C28H29FN4O5/c1-17(18-6-4-3-5-7-18)25(26(34)31-23-13-10-20(30)16-22(23)29)33-27(35)24(32-28(33)36)19-8-11-21(12-9-19)38-15-14-37-2/h3-13,16-17,24-25H,14-15,30H2,1-2H3,(H,31,34)(H,32,36)/t17-,24+,25-/m0/s1. The van der Waals surface area contributed by atoms with Crippen LogP contribution in [0.25, 0.3) is 0 Å². The van der Waals surface area contributed by atoms with Crippen LogP contribution in [0.3, 0.4) is 0 Å². The minimum absolute atomic E-state index is 0.109. The Kier molecular flexibility index (Phi) is 8.22. The van der Waals surface area contributed by atoms with Crippen LogP contribution in [0.1, 0.15) is 30.0 Å². The van der Waals surface area contributed by atoms with Crippen LogP contribution >= 0.6 is 0 Å². The van der Waals surface area contributed by atoms with Crippen LogP contribution in [0.4, 0.5) is 20.6 Å². The number of hydrogen-bond donors (Lipinski definition) is 3. The van der Waals surface area contributed by atoms with Crippen molar-refractivity contribution in [2.24, 2.45) is 0 Å². The molecule has 4 amide bonds. The van der Waals surface area contributed by atoms with Crippen molar-refractivity contribution in [1.82, 2.24) is 10.2 Å². The van der Waals surface area contributed by atoms with Gasteiger partial charge < -0.3 is 25.8 Å². The molecule has 1 saturated heterocycles. The summed E-state index contributed by atoms with van der Waals surface area (Å²) in [6.45, 7) is 2.53. The van der Waals surface area contributed by atoms with Crippen molar-refractivity contribution in [1.29, 1.82) is 0 Å². The molecule has 1 aliphatic heterocycles. The van der Waals surface area contributed by atoms with Gasteiger partial charge in [0.25, 0.3) is 5.91 Å². The van der Waals surface area contributed by atoms with Gasteiger partial charge in [-0.25, -0.2) is 14.1 Å². The third-order valence-corrected chi connectivity index (χ3v) is 6.34. The first-order valence-electron chi connectivity index (χ1n) is 12.1. The molecule has 0 aliphatic carbocycles. The molecular formula is C28H29FN4O5. The third kappa shape index (κ3) is 5.76. The van der Waals surface area contributed by atoms with Crippen molar-refractivity contribution in [2.45, 2.75) is 24.9 Å². The second-order valence-corrected chi connectivity index (χ2v) is 8.87. The largest absolute Gasteiger partial charge is 0.491 e. The number of rotatable bonds is 10. The van der Waals surface area contributed by atoms with Crippen LogP contribution in [0.5, 0.6) is 5.75 Å². The lowest BCUT2D eigenvalue weighted by Gasteiger charge is -2.30. The van der Waals surface area contributed by atoms with Gasteiger partial charge >= 0.3 is 6.03 Å². The van der Waals surface area contributed by atoms with E-state index in [1.54, 1.807) is 62.6 Å². The van der Waals surface area contributed by atoms with Crippen LogP contribution in [0.2, 0.25) is 0 Å². The number of hydrogen-bond acceptors (Lipinski definition) is 6. The number of nitrogens with zero attached hydrogens (tertiary/aromatic N) is 1. The van der Waals surface area contributed by atoms with Crippen molar-refractivity contribution in [2.75, 3.05) is 31.4 Å². The fourth-order valence-corrected chi connectivity index (χ4v) is 4.33. The molecule has 0 spiro atoms. The van der Waals surface area contributed by atoms with Crippen LogP contribution < -0.4 is 21.1 Å². The maximum atomic E-state index is 14.5. The number of benzene rings is 3. The predicted molar refractivity (Wildman–Crippen MR) is 140 cm³/mol. The fraction of sp³-hybridized carbons (Fsp3) is 0.250. The number of carbonyl (C=O) groups excluding carboxylic acids is 3. The summed E-state index contributed by atoms with van der Waals surface area (Å²) in [6, 6.07) is 16.6. The fourth-order valence-electron chi connectivity index (χ4n) is 4.33. The highest BCUT2D eigenvalue weighted by molar-refractivity contribution is 6.10. The molecule has 1 heterocycles. The highest BCUT2D eigenvalue weighted by Crippen LogP contribution is 2.32. The number of amides is 4. The third-order valence-electron chi connectivity index (χ3n) is 6.34. The molecule has 0 bridgehead atoms. The summed E-state index contributed by atoms with van der Waals surface area (Å²) in [7, 11) is 1.57. The van der Waals surface area contributed by atoms with Crippen molar-refractivity contribution in [3.63, 3.8) is 0 Å². The molecule has 10 heteroatoms. The van der Waals surface area contributed by atoms with E-state index < -0.39 is 41.7 Å². The highest BCUT2D eigenvalue weighted by Gasteiger charge is 2.47. The summed E-state index contributed by atoms with van der Waals surface area (Å²) in [5.74, 6) is -2.05. The second-order valence-electron chi connectivity index (χ2n) is 8.87. The molecule has 1 aliphatic rings. The Morgan fingerprint density at radius 2 is 1.79 bits per heavy atom. The molecule has 0 aromatic heterocycles. The Labute approximate surface area is 219 Å². The average Bonchev–Trinajstić information content (AvgIpc) is 3.20. The molecule has 0 unspecified atom stereocenters. The van der Waals surface area contributed by atoms with Gasteiger partial charge in [-0.15, -0.1) is 0 Å². The first-order valence-corrected chi connectivity index (χ1v) is 12.1. The van der Waals surface area contributed by atoms with Crippen LogP contribution in [0.15, 0.2) is 72.8 Å². The molecule has 4 N–H and O–H groups in total. The number of carbonyl (C=O) groups is 3. The smallest absolute Gasteiger partial charge is 0.325 e. The molecule has 3 atom stereocenters. The van der Waals surface area contributed by atoms with Gasteiger partial charge in [0, 0.05) is 18.7 Å². The lowest BCUT2D eigenvalue weighted by Crippen LogP contribution is -2.50. The SMILES string of the molecule is COCCOc1ccc([C@H]2NC(=O)N([C@H](C(=O)Nc3ccc(N)cc3F)[C@@H](C)c3ccccc3)C2=O)cc1. The average molecular weight is 521 g/mol. The Hall–Kier alpha value is -4.44. The Bertz CT molecular complexity index is 1300. The summed E-state index contributed by atoms with van der Waals surface area (Å²) in [6.07, 6.45) is 0. The summed E-state index contributed by atoms with van der Waals surface area (Å²) in [4.78, 5) is 41.2. The van der Waals surface area contributed by atoms with Gasteiger partial charge in [0.15, 0.2) is 0 Å². The van der Waals surface area contributed by atoms with E-state index in [0.717, 1.165) is 16.5 Å². The van der Waals surface area contributed by atoms with Crippen LogP contribution in [-0.4, -0.2) is 49.1 Å². The molecule has 9 nitrogen and oxygen atoms in total. The van der Waals surface area contributed by atoms with Crippen molar-refractivity contribution in [3.8, 4) is 5.75 Å². The zero-order valence-electron chi connectivity index (χ0n) is 21.0. The van der Waals surface area contributed by atoms with Crippen molar-refractivity contribution in [3.05, 3.63) is 89.7 Å². The second kappa shape index (κ2) is 11.7. The molecule has 1 fully saturated rings.